The molecule has 0 aliphatic heterocycles. The highest BCUT2D eigenvalue weighted by Gasteiger charge is 2.37. The largest absolute Gasteiger partial charge is 0.374 e. The topological polar surface area (TPSA) is 38.5 Å². The summed E-state index contributed by atoms with van der Waals surface area (Å²) in [5, 5.41) is 0. The first-order valence-corrected chi connectivity index (χ1v) is 7.10. The van der Waals surface area contributed by atoms with Crippen LogP contribution in [0.15, 0.2) is 0 Å². The predicted octanol–water partition coefficient (Wildman–Crippen LogP) is 2.39. The standard InChI is InChI=1S/C14H30N2O/c1-12(2)16(13(3)4)10-11-17-14(8-9-15)6-5-7-14/h12-13H,5-11,15H2,1-4H3. The smallest absolute Gasteiger partial charge is 0.0695 e. The van der Waals surface area contributed by atoms with Crippen molar-refractivity contribution in [3.8, 4) is 0 Å². The van der Waals surface area contributed by atoms with Gasteiger partial charge in [0.25, 0.3) is 0 Å². The van der Waals surface area contributed by atoms with E-state index in [1.165, 1.54) is 19.3 Å². The van der Waals surface area contributed by atoms with Crippen molar-refractivity contribution >= 4 is 0 Å². The van der Waals surface area contributed by atoms with E-state index < -0.39 is 0 Å². The molecule has 1 saturated carbocycles. The molecular formula is C14H30N2O. The first-order valence-electron chi connectivity index (χ1n) is 7.10. The van der Waals surface area contributed by atoms with Crippen LogP contribution in [-0.4, -0.2) is 42.3 Å². The molecule has 102 valence electrons. The average Bonchev–Trinajstić information content (AvgIpc) is 2.19. The Morgan fingerprint density at radius 2 is 1.76 bits per heavy atom. The molecule has 1 fully saturated rings. The maximum Gasteiger partial charge on any atom is 0.0695 e. The average molecular weight is 242 g/mol. The van der Waals surface area contributed by atoms with Crippen LogP contribution in [0.4, 0.5) is 0 Å². The minimum Gasteiger partial charge on any atom is -0.374 e. The quantitative estimate of drug-likeness (QED) is 0.710. The lowest BCUT2D eigenvalue weighted by molar-refractivity contribution is -0.110. The molecule has 0 spiro atoms. The molecule has 0 bridgehead atoms. The van der Waals surface area contributed by atoms with E-state index in [4.69, 9.17) is 10.5 Å². The van der Waals surface area contributed by atoms with Gasteiger partial charge in [0, 0.05) is 18.6 Å². The third kappa shape index (κ3) is 4.23. The first-order chi connectivity index (χ1) is 8.01. The molecule has 0 radical (unpaired) electrons. The van der Waals surface area contributed by atoms with Crippen molar-refractivity contribution in [2.45, 2.75) is 71.1 Å². The van der Waals surface area contributed by atoms with Crippen molar-refractivity contribution in [3.63, 3.8) is 0 Å². The van der Waals surface area contributed by atoms with Crippen molar-refractivity contribution < 1.29 is 4.74 Å². The van der Waals surface area contributed by atoms with Gasteiger partial charge in [-0.15, -0.1) is 0 Å². The summed E-state index contributed by atoms with van der Waals surface area (Å²) in [6.45, 7) is 11.6. The molecule has 0 heterocycles. The third-order valence-electron chi connectivity index (χ3n) is 3.95. The van der Waals surface area contributed by atoms with E-state index in [1.54, 1.807) is 0 Å². The van der Waals surface area contributed by atoms with Crippen LogP contribution in [0.25, 0.3) is 0 Å². The maximum atomic E-state index is 6.12. The SMILES string of the molecule is CC(C)N(CCOC1(CCN)CCC1)C(C)C. The maximum absolute atomic E-state index is 6.12. The van der Waals surface area contributed by atoms with Crippen molar-refractivity contribution in [1.29, 1.82) is 0 Å². The van der Waals surface area contributed by atoms with Gasteiger partial charge in [-0.2, -0.15) is 0 Å². The van der Waals surface area contributed by atoms with E-state index >= 15 is 0 Å². The molecule has 0 aromatic heterocycles. The number of ether oxygens (including phenoxy) is 1. The van der Waals surface area contributed by atoms with Crippen molar-refractivity contribution in [1.82, 2.24) is 4.90 Å². The lowest BCUT2D eigenvalue weighted by atomic mass is 9.77. The van der Waals surface area contributed by atoms with Crippen LogP contribution in [0.5, 0.6) is 0 Å². The van der Waals surface area contributed by atoms with E-state index in [0.29, 0.717) is 12.1 Å². The second-order valence-corrected chi connectivity index (χ2v) is 5.85. The molecule has 0 amide bonds. The summed E-state index contributed by atoms with van der Waals surface area (Å²) in [6.07, 6.45) is 4.73. The Labute approximate surface area is 107 Å². The van der Waals surface area contributed by atoms with Crippen LogP contribution in [0, 0.1) is 0 Å². The molecule has 2 N–H and O–H groups in total. The van der Waals surface area contributed by atoms with E-state index in [2.05, 4.69) is 32.6 Å². The highest BCUT2D eigenvalue weighted by Crippen LogP contribution is 2.38. The predicted molar refractivity (Wildman–Crippen MR) is 73.2 cm³/mol. The number of nitrogens with zero attached hydrogens (tertiary/aromatic N) is 1. The Hall–Kier alpha value is -0.120. The molecule has 3 nitrogen and oxygen atoms in total. The minimum atomic E-state index is 0.133. The van der Waals surface area contributed by atoms with Gasteiger partial charge in [-0.1, -0.05) is 0 Å². The lowest BCUT2D eigenvalue weighted by Crippen LogP contribution is -2.45. The number of nitrogens with two attached hydrogens (primary N) is 1. The molecule has 3 heteroatoms. The second kappa shape index (κ2) is 6.72. The Morgan fingerprint density at radius 3 is 2.12 bits per heavy atom. The number of hydrogen-bond donors (Lipinski definition) is 1. The van der Waals surface area contributed by atoms with Gasteiger partial charge in [0.05, 0.1) is 12.2 Å². The molecule has 1 aliphatic rings. The minimum absolute atomic E-state index is 0.133. The second-order valence-electron chi connectivity index (χ2n) is 5.85. The van der Waals surface area contributed by atoms with Crippen LogP contribution in [0.1, 0.15) is 53.4 Å². The Morgan fingerprint density at radius 1 is 1.18 bits per heavy atom. The molecule has 0 atom stereocenters. The molecule has 0 aromatic carbocycles. The molecule has 0 aromatic rings. The van der Waals surface area contributed by atoms with Crippen LogP contribution in [0.3, 0.4) is 0 Å². The fourth-order valence-corrected chi connectivity index (χ4v) is 2.78. The number of hydrogen-bond acceptors (Lipinski definition) is 3. The van der Waals surface area contributed by atoms with Gasteiger partial charge in [0.1, 0.15) is 0 Å². The lowest BCUT2D eigenvalue weighted by Gasteiger charge is -2.42. The molecule has 1 aliphatic carbocycles. The molecule has 0 unspecified atom stereocenters. The molecule has 0 saturated heterocycles. The molecule has 1 rings (SSSR count). The summed E-state index contributed by atoms with van der Waals surface area (Å²) in [5.41, 5.74) is 5.79. The van der Waals surface area contributed by atoms with Crippen molar-refractivity contribution in [2.75, 3.05) is 19.7 Å². The summed E-state index contributed by atoms with van der Waals surface area (Å²) in [4.78, 5) is 2.48. The fourth-order valence-electron chi connectivity index (χ4n) is 2.78. The van der Waals surface area contributed by atoms with Gasteiger partial charge < -0.3 is 10.5 Å². The zero-order valence-corrected chi connectivity index (χ0v) is 12.0. The zero-order valence-electron chi connectivity index (χ0n) is 12.0. The third-order valence-corrected chi connectivity index (χ3v) is 3.95. The summed E-state index contributed by atoms with van der Waals surface area (Å²) in [7, 11) is 0. The Bertz CT molecular complexity index is 204. The van der Waals surface area contributed by atoms with Crippen LogP contribution in [-0.2, 0) is 4.74 Å². The number of rotatable bonds is 8. The highest BCUT2D eigenvalue weighted by molar-refractivity contribution is 4.90. The monoisotopic (exact) mass is 242 g/mol. The summed E-state index contributed by atoms with van der Waals surface area (Å²) < 4.78 is 6.12. The Balaban J connectivity index is 2.30. The van der Waals surface area contributed by atoms with Crippen LogP contribution >= 0.6 is 0 Å². The van der Waals surface area contributed by atoms with Gasteiger partial charge in [-0.05, 0) is 59.9 Å². The highest BCUT2D eigenvalue weighted by atomic mass is 16.5. The van der Waals surface area contributed by atoms with Crippen LogP contribution < -0.4 is 5.73 Å². The van der Waals surface area contributed by atoms with E-state index in [1.807, 2.05) is 0 Å². The summed E-state index contributed by atoms with van der Waals surface area (Å²) in [5.74, 6) is 0. The van der Waals surface area contributed by atoms with E-state index in [9.17, 15) is 0 Å². The van der Waals surface area contributed by atoms with Crippen LogP contribution in [0.2, 0.25) is 0 Å². The van der Waals surface area contributed by atoms with Gasteiger partial charge in [0.2, 0.25) is 0 Å². The molecule has 17 heavy (non-hydrogen) atoms. The Kier molecular flexibility index (Phi) is 5.90. The van der Waals surface area contributed by atoms with Crippen molar-refractivity contribution in [3.05, 3.63) is 0 Å². The summed E-state index contributed by atoms with van der Waals surface area (Å²) in [6, 6.07) is 1.18. The first kappa shape index (κ1) is 14.9. The van der Waals surface area contributed by atoms with Gasteiger partial charge in [0.15, 0.2) is 0 Å². The zero-order chi connectivity index (χ0) is 12.9. The fraction of sp³-hybridized carbons (Fsp3) is 1.00. The van der Waals surface area contributed by atoms with E-state index in [-0.39, 0.29) is 5.60 Å². The summed E-state index contributed by atoms with van der Waals surface area (Å²) >= 11 is 0. The van der Waals surface area contributed by atoms with E-state index in [0.717, 1.165) is 26.1 Å². The van der Waals surface area contributed by atoms with Crippen molar-refractivity contribution in [2.24, 2.45) is 5.73 Å². The molecular weight excluding hydrogens is 212 g/mol. The van der Waals surface area contributed by atoms with Gasteiger partial charge in [-0.3, -0.25) is 4.90 Å². The van der Waals surface area contributed by atoms with Gasteiger partial charge in [-0.25, -0.2) is 0 Å². The van der Waals surface area contributed by atoms with Gasteiger partial charge >= 0.3 is 0 Å². The normalized spacial score (nSPS) is 19.1.